The van der Waals surface area contributed by atoms with Crippen molar-refractivity contribution in [1.82, 2.24) is 9.38 Å². The molecule has 0 aliphatic rings. The number of hydrogen-bond acceptors (Lipinski definition) is 6. The number of imidazole rings is 1. The third-order valence-electron chi connectivity index (χ3n) is 3.06. The summed E-state index contributed by atoms with van der Waals surface area (Å²) in [5.41, 5.74) is 1.21. The number of aliphatic hydroxyl groups excluding tert-OH is 1. The van der Waals surface area contributed by atoms with E-state index in [1.807, 2.05) is 5.38 Å². The third kappa shape index (κ3) is 2.34. The van der Waals surface area contributed by atoms with Gasteiger partial charge in [0.2, 0.25) is 5.88 Å². The Morgan fingerprint density at radius 3 is 3.05 bits per heavy atom. The Bertz CT molecular complexity index is 824. The zero-order valence-electron chi connectivity index (χ0n) is 11.0. The van der Waals surface area contributed by atoms with Crippen LogP contribution in [0.25, 0.3) is 4.96 Å². The largest absolute Gasteiger partial charge is 0.437 e. The zero-order chi connectivity index (χ0) is 15.0. The Labute approximate surface area is 123 Å². The Morgan fingerprint density at radius 2 is 2.33 bits per heavy atom. The molecule has 0 fully saturated rings. The van der Waals surface area contributed by atoms with Crippen LogP contribution in [0.1, 0.15) is 11.3 Å². The second kappa shape index (κ2) is 5.15. The van der Waals surface area contributed by atoms with Crippen LogP contribution in [0.2, 0.25) is 0 Å². The first kappa shape index (κ1) is 13.5. The maximum absolute atomic E-state index is 10.8. The van der Waals surface area contributed by atoms with Crippen LogP contribution in [0.3, 0.4) is 0 Å². The number of aromatic nitrogens is 2. The van der Waals surface area contributed by atoms with Crippen molar-refractivity contribution in [2.45, 2.75) is 13.5 Å². The number of nitrogens with zero attached hydrogens (tertiary/aromatic N) is 3. The van der Waals surface area contributed by atoms with E-state index in [0.29, 0.717) is 16.4 Å². The molecule has 0 radical (unpaired) electrons. The molecule has 8 heteroatoms. The highest BCUT2D eigenvalue weighted by atomic mass is 32.1. The minimum atomic E-state index is -0.481. The van der Waals surface area contributed by atoms with Gasteiger partial charge in [-0.3, -0.25) is 14.5 Å². The number of aryl methyl sites for hydroxylation is 1. The predicted octanol–water partition coefficient (Wildman–Crippen LogP) is 2.90. The standard InChI is InChI=1S/C13H11N3O4S/c1-8-2-3-9(16(18)19)6-11(8)20-12-10(7-17)15-4-5-21-13(15)14-12/h2-6,17H,7H2,1H3. The summed E-state index contributed by atoms with van der Waals surface area (Å²) in [4.78, 5) is 15.3. The van der Waals surface area contributed by atoms with E-state index >= 15 is 0 Å². The quantitative estimate of drug-likeness (QED) is 0.591. The molecule has 3 rings (SSSR count). The molecule has 0 aliphatic carbocycles. The lowest BCUT2D eigenvalue weighted by Gasteiger charge is -2.07. The monoisotopic (exact) mass is 305 g/mol. The van der Waals surface area contributed by atoms with Crippen LogP contribution < -0.4 is 4.74 Å². The van der Waals surface area contributed by atoms with E-state index in [-0.39, 0.29) is 18.2 Å². The smallest absolute Gasteiger partial charge is 0.273 e. The second-order valence-corrected chi connectivity index (χ2v) is 5.26. The van der Waals surface area contributed by atoms with Gasteiger partial charge >= 0.3 is 0 Å². The number of ether oxygens (including phenoxy) is 1. The second-order valence-electron chi connectivity index (χ2n) is 4.39. The molecule has 21 heavy (non-hydrogen) atoms. The Morgan fingerprint density at radius 1 is 1.52 bits per heavy atom. The van der Waals surface area contributed by atoms with Crippen LogP contribution in [0.4, 0.5) is 5.69 Å². The van der Waals surface area contributed by atoms with Crippen molar-refractivity contribution in [3.63, 3.8) is 0 Å². The number of hydrogen-bond donors (Lipinski definition) is 1. The molecule has 7 nitrogen and oxygen atoms in total. The first-order chi connectivity index (χ1) is 10.1. The fourth-order valence-electron chi connectivity index (χ4n) is 1.95. The minimum Gasteiger partial charge on any atom is -0.437 e. The summed E-state index contributed by atoms with van der Waals surface area (Å²) in [6, 6.07) is 4.38. The highest BCUT2D eigenvalue weighted by molar-refractivity contribution is 7.15. The van der Waals surface area contributed by atoms with Gasteiger partial charge in [-0.2, -0.15) is 4.98 Å². The molecule has 0 spiro atoms. The Hall–Kier alpha value is -2.45. The number of rotatable bonds is 4. The number of fused-ring (bicyclic) bond motifs is 1. The van der Waals surface area contributed by atoms with E-state index in [4.69, 9.17) is 4.74 Å². The van der Waals surface area contributed by atoms with E-state index in [1.54, 1.807) is 23.6 Å². The summed E-state index contributed by atoms with van der Waals surface area (Å²) >= 11 is 1.41. The molecule has 0 atom stereocenters. The number of nitro benzene ring substituents is 1. The van der Waals surface area contributed by atoms with Gasteiger partial charge in [-0.15, -0.1) is 11.3 Å². The average Bonchev–Trinajstić information content (AvgIpc) is 3.01. The molecule has 0 amide bonds. The van der Waals surface area contributed by atoms with Gasteiger partial charge in [0.1, 0.15) is 11.4 Å². The number of nitro groups is 1. The first-order valence-electron chi connectivity index (χ1n) is 6.08. The van der Waals surface area contributed by atoms with Crippen molar-refractivity contribution in [3.05, 3.63) is 51.1 Å². The number of aliphatic hydroxyl groups is 1. The van der Waals surface area contributed by atoms with Crippen molar-refractivity contribution >= 4 is 22.0 Å². The van der Waals surface area contributed by atoms with E-state index in [1.165, 1.54) is 23.5 Å². The van der Waals surface area contributed by atoms with E-state index < -0.39 is 4.92 Å². The van der Waals surface area contributed by atoms with Crippen LogP contribution in [-0.2, 0) is 6.61 Å². The lowest BCUT2D eigenvalue weighted by molar-refractivity contribution is -0.384. The molecule has 1 N–H and O–H groups in total. The summed E-state index contributed by atoms with van der Waals surface area (Å²) < 4.78 is 7.40. The van der Waals surface area contributed by atoms with Gasteiger partial charge in [-0.25, -0.2) is 0 Å². The van der Waals surface area contributed by atoms with Crippen molar-refractivity contribution in [2.24, 2.45) is 0 Å². The van der Waals surface area contributed by atoms with Gasteiger partial charge in [0, 0.05) is 17.6 Å². The Kier molecular flexibility index (Phi) is 3.32. The van der Waals surface area contributed by atoms with Crippen molar-refractivity contribution in [3.8, 4) is 11.6 Å². The maximum atomic E-state index is 10.8. The minimum absolute atomic E-state index is 0.0535. The summed E-state index contributed by atoms with van der Waals surface area (Å²) in [5.74, 6) is 0.609. The number of benzene rings is 1. The highest BCUT2D eigenvalue weighted by Gasteiger charge is 2.17. The normalized spacial score (nSPS) is 11.0. The fourth-order valence-corrected chi connectivity index (χ4v) is 2.68. The molecule has 3 aromatic rings. The Balaban J connectivity index is 2.03. The average molecular weight is 305 g/mol. The molecule has 1 aromatic carbocycles. The number of non-ortho nitro benzene ring substituents is 1. The molecular formula is C13H11N3O4S. The molecule has 0 saturated heterocycles. The molecule has 2 heterocycles. The lowest BCUT2D eigenvalue weighted by atomic mass is 10.2. The van der Waals surface area contributed by atoms with Gasteiger partial charge in [-0.1, -0.05) is 0 Å². The summed E-state index contributed by atoms with van der Waals surface area (Å²) in [5, 5.41) is 22.2. The van der Waals surface area contributed by atoms with E-state index in [0.717, 1.165) is 5.56 Å². The van der Waals surface area contributed by atoms with Crippen LogP contribution in [0, 0.1) is 17.0 Å². The van der Waals surface area contributed by atoms with Crippen molar-refractivity contribution in [1.29, 1.82) is 0 Å². The van der Waals surface area contributed by atoms with Crippen molar-refractivity contribution < 1.29 is 14.8 Å². The zero-order valence-corrected chi connectivity index (χ0v) is 11.8. The van der Waals surface area contributed by atoms with Gasteiger partial charge < -0.3 is 9.84 Å². The molecule has 0 aliphatic heterocycles. The SMILES string of the molecule is Cc1ccc([N+](=O)[O-])cc1Oc1nc2sccn2c1CO. The summed E-state index contributed by atoms with van der Waals surface area (Å²) in [6.45, 7) is 1.55. The van der Waals surface area contributed by atoms with Gasteiger partial charge in [0.25, 0.3) is 5.69 Å². The van der Waals surface area contributed by atoms with Crippen LogP contribution >= 0.6 is 11.3 Å². The molecule has 0 unspecified atom stereocenters. The van der Waals surface area contributed by atoms with Crippen LogP contribution in [-0.4, -0.2) is 19.4 Å². The van der Waals surface area contributed by atoms with Gasteiger partial charge in [-0.05, 0) is 18.6 Å². The van der Waals surface area contributed by atoms with Gasteiger partial charge in [0.05, 0.1) is 17.6 Å². The topological polar surface area (TPSA) is 89.9 Å². The van der Waals surface area contributed by atoms with Crippen molar-refractivity contribution in [2.75, 3.05) is 0 Å². The lowest BCUT2D eigenvalue weighted by Crippen LogP contribution is -1.96. The summed E-state index contributed by atoms with van der Waals surface area (Å²) in [6.07, 6.45) is 1.78. The van der Waals surface area contributed by atoms with E-state index in [2.05, 4.69) is 4.98 Å². The van der Waals surface area contributed by atoms with E-state index in [9.17, 15) is 15.2 Å². The first-order valence-corrected chi connectivity index (χ1v) is 6.96. The van der Waals surface area contributed by atoms with Crippen LogP contribution in [0.15, 0.2) is 29.8 Å². The molecule has 2 aromatic heterocycles. The maximum Gasteiger partial charge on any atom is 0.273 e. The molecular weight excluding hydrogens is 294 g/mol. The third-order valence-corrected chi connectivity index (χ3v) is 3.82. The van der Waals surface area contributed by atoms with Gasteiger partial charge in [0.15, 0.2) is 4.96 Å². The molecule has 108 valence electrons. The fraction of sp³-hybridized carbons (Fsp3) is 0.154. The predicted molar refractivity (Wildman–Crippen MR) is 76.9 cm³/mol. The van der Waals surface area contributed by atoms with Crippen LogP contribution in [0.5, 0.6) is 11.6 Å². The highest BCUT2D eigenvalue weighted by Crippen LogP contribution is 2.31. The summed E-state index contributed by atoms with van der Waals surface area (Å²) in [7, 11) is 0. The molecule has 0 saturated carbocycles. The number of thiazole rings is 1. The molecule has 0 bridgehead atoms.